The Kier molecular flexibility index (Phi) is 5.86. The van der Waals surface area contributed by atoms with E-state index in [1.54, 1.807) is 19.5 Å². The zero-order valence-electron chi connectivity index (χ0n) is 15.6. The standard InChI is InChI=1S/C21H24N4O2/c1-14-5-4-12-23-20(14)21(26)25-19-7-3-6-18(17(19)13-22)24-15-8-10-16(27-2)11-9-15/h4-5,8-13,19H,3,6-7,22H2,1-2H3,(H,25,26)/b17-13+,24-18?. The fraction of sp³-hybridized carbons (Fsp3) is 0.286. The minimum atomic E-state index is -0.192. The molecule has 1 atom stereocenters. The summed E-state index contributed by atoms with van der Waals surface area (Å²) in [6, 6.07) is 11.1. The Labute approximate surface area is 159 Å². The summed E-state index contributed by atoms with van der Waals surface area (Å²) < 4.78 is 5.18. The molecule has 6 nitrogen and oxygen atoms in total. The van der Waals surface area contributed by atoms with Crippen molar-refractivity contribution in [2.24, 2.45) is 10.7 Å². The number of carbonyl (C=O) groups is 1. The molecule has 0 aliphatic heterocycles. The Morgan fingerprint density at radius 2 is 2.11 bits per heavy atom. The number of nitrogens with zero attached hydrogens (tertiary/aromatic N) is 2. The van der Waals surface area contributed by atoms with Crippen molar-refractivity contribution in [1.29, 1.82) is 0 Å². The van der Waals surface area contributed by atoms with Crippen LogP contribution in [-0.2, 0) is 0 Å². The van der Waals surface area contributed by atoms with Gasteiger partial charge in [-0.05, 0) is 62.1 Å². The number of aromatic nitrogens is 1. The van der Waals surface area contributed by atoms with Gasteiger partial charge in [0.2, 0.25) is 0 Å². The van der Waals surface area contributed by atoms with Gasteiger partial charge in [-0.3, -0.25) is 14.8 Å². The molecule has 0 saturated heterocycles. The number of carbonyl (C=O) groups excluding carboxylic acids is 1. The molecule has 1 aliphatic carbocycles. The van der Waals surface area contributed by atoms with Crippen LogP contribution in [0.5, 0.6) is 5.75 Å². The Morgan fingerprint density at radius 3 is 2.78 bits per heavy atom. The second kappa shape index (κ2) is 8.49. The van der Waals surface area contributed by atoms with Crippen molar-refractivity contribution >= 4 is 17.3 Å². The SMILES string of the molecule is COc1ccc(N=C2CCCC(NC(=O)c3ncccc3C)/C2=C/N)cc1. The lowest BCUT2D eigenvalue weighted by Gasteiger charge is -2.27. The Morgan fingerprint density at radius 1 is 1.33 bits per heavy atom. The number of aliphatic imine (C=N–C) groups is 1. The summed E-state index contributed by atoms with van der Waals surface area (Å²) >= 11 is 0. The summed E-state index contributed by atoms with van der Waals surface area (Å²) in [7, 11) is 1.63. The Balaban J connectivity index is 1.80. The molecule has 1 heterocycles. The van der Waals surface area contributed by atoms with Gasteiger partial charge in [0.1, 0.15) is 11.4 Å². The average molecular weight is 364 g/mol. The van der Waals surface area contributed by atoms with Crippen LogP contribution in [-0.4, -0.2) is 29.8 Å². The third-order valence-electron chi connectivity index (χ3n) is 4.66. The summed E-state index contributed by atoms with van der Waals surface area (Å²) in [4.78, 5) is 21.6. The molecule has 1 aromatic heterocycles. The first-order valence-electron chi connectivity index (χ1n) is 8.98. The first kappa shape index (κ1) is 18.6. The monoisotopic (exact) mass is 364 g/mol. The van der Waals surface area contributed by atoms with Gasteiger partial charge in [0.15, 0.2) is 0 Å². The molecule has 3 rings (SSSR count). The zero-order valence-corrected chi connectivity index (χ0v) is 15.6. The van der Waals surface area contributed by atoms with Crippen LogP contribution in [0.25, 0.3) is 0 Å². The quantitative estimate of drug-likeness (QED) is 0.871. The number of hydrogen-bond donors (Lipinski definition) is 2. The number of pyridine rings is 1. The topological polar surface area (TPSA) is 89.6 Å². The number of benzene rings is 1. The summed E-state index contributed by atoms with van der Waals surface area (Å²) in [5, 5.41) is 3.06. The van der Waals surface area contributed by atoms with Gasteiger partial charge in [0.25, 0.3) is 5.91 Å². The number of methoxy groups -OCH3 is 1. The van der Waals surface area contributed by atoms with E-state index in [9.17, 15) is 4.79 Å². The van der Waals surface area contributed by atoms with Crippen molar-refractivity contribution in [3.63, 3.8) is 0 Å². The molecule has 27 heavy (non-hydrogen) atoms. The van der Waals surface area contributed by atoms with Crippen molar-refractivity contribution in [1.82, 2.24) is 10.3 Å². The molecule has 1 amide bonds. The van der Waals surface area contributed by atoms with E-state index in [4.69, 9.17) is 15.5 Å². The van der Waals surface area contributed by atoms with Gasteiger partial charge in [0, 0.05) is 23.7 Å². The molecular formula is C21H24N4O2. The maximum Gasteiger partial charge on any atom is 0.270 e. The van der Waals surface area contributed by atoms with E-state index in [0.717, 1.165) is 47.5 Å². The number of nitrogens with one attached hydrogen (secondary N) is 1. The van der Waals surface area contributed by atoms with Gasteiger partial charge in [0.05, 0.1) is 18.8 Å². The molecule has 1 aromatic carbocycles. The number of nitrogens with two attached hydrogens (primary N) is 1. The van der Waals surface area contributed by atoms with E-state index in [-0.39, 0.29) is 11.9 Å². The van der Waals surface area contributed by atoms with E-state index >= 15 is 0 Å². The summed E-state index contributed by atoms with van der Waals surface area (Å²) in [6.07, 6.45) is 5.75. The predicted molar refractivity (Wildman–Crippen MR) is 106 cm³/mol. The second-order valence-corrected chi connectivity index (χ2v) is 6.47. The van der Waals surface area contributed by atoms with E-state index in [2.05, 4.69) is 10.3 Å². The van der Waals surface area contributed by atoms with Crippen LogP contribution in [0.3, 0.4) is 0 Å². The smallest absolute Gasteiger partial charge is 0.270 e. The van der Waals surface area contributed by atoms with Crippen LogP contribution in [0.2, 0.25) is 0 Å². The van der Waals surface area contributed by atoms with Crippen LogP contribution in [0.1, 0.15) is 35.3 Å². The molecule has 0 radical (unpaired) electrons. The highest BCUT2D eigenvalue weighted by atomic mass is 16.5. The van der Waals surface area contributed by atoms with Crippen molar-refractivity contribution in [2.45, 2.75) is 32.2 Å². The normalized spacial score (nSPS) is 19.9. The van der Waals surface area contributed by atoms with Crippen LogP contribution in [0.15, 0.2) is 59.4 Å². The highest BCUT2D eigenvalue weighted by molar-refractivity contribution is 6.04. The Hall–Kier alpha value is -3.15. The fourth-order valence-electron chi connectivity index (χ4n) is 3.22. The molecule has 1 saturated carbocycles. The van der Waals surface area contributed by atoms with E-state index in [1.165, 1.54) is 0 Å². The van der Waals surface area contributed by atoms with E-state index in [0.29, 0.717) is 5.69 Å². The minimum absolute atomic E-state index is 0.172. The van der Waals surface area contributed by atoms with Crippen molar-refractivity contribution < 1.29 is 9.53 Å². The van der Waals surface area contributed by atoms with Gasteiger partial charge in [-0.25, -0.2) is 0 Å². The van der Waals surface area contributed by atoms with E-state index in [1.807, 2.05) is 43.3 Å². The zero-order chi connectivity index (χ0) is 19.2. The van der Waals surface area contributed by atoms with Crippen LogP contribution >= 0.6 is 0 Å². The number of ether oxygens (including phenoxy) is 1. The Bertz CT molecular complexity index is 872. The van der Waals surface area contributed by atoms with Crippen molar-refractivity contribution in [3.05, 3.63) is 65.6 Å². The molecular weight excluding hydrogens is 340 g/mol. The van der Waals surface area contributed by atoms with Gasteiger partial charge < -0.3 is 15.8 Å². The molecule has 3 N–H and O–H groups in total. The number of rotatable bonds is 4. The summed E-state index contributed by atoms with van der Waals surface area (Å²) in [5.74, 6) is 0.594. The molecule has 0 spiro atoms. The van der Waals surface area contributed by atoms with Gasteiger partial charge in [-0.15, -0.1) is 0 Å². The van der Waals surface area contributed by atoms with Crippen LogP contribution in [0, 0.1) is 6.92 Å². The fourth-order valence-corrected chi connectivity index (χ4v) is 3.22. The molecule has 1 fully saturated rings. The van der Waals surface area contributed by atoms with Crippen LogP contribution < -0.4 is 15.8 Å². The third-order valence-corrected chi connectivity index (χ3v) is 4.66. The summed E-state index contributed by atoms with van der Waals surface area (Å²) in [6.45, 7) is 1.87. The van der Waals surface area contributed by atoms with Crippen molar-refractivity contribution in [3.8, 4) is 5.75 Å². The first-order valence-corrected chi connectivity index (χ1v) is 8.98. The maximum absolute atomic E-state index is 12.6. The lowest BCUT2D eigenvalue weighted by atomic mass is 9.88. The minimum Gasteiger partial charge on any atom is -0.497 e. The second-order valence-electron chi connectivity index (χ2n) is 6.47. The molecule has 6 heteroatoms. The first-order chi connectivity index (χ1) is 13.1. The number of hydrogen-bond acceptors (Lipinski definition) is 5. The number of amides is 1. The molecule has 0 bridgehead atoms. The van der Waals surface area contributed by atoms with E-state index < -0.39 is 0 Å². The van der Waals surface area contributed by atoms with Gasteiger partial charge >= 0.3 is 0 Å². The lowest BCUT2D eigenvalue weighted by Crippen LogP contribution is -2.41. The highest BCUT2D eigenvalue weighted by Crippen LogP contribution is 2.26. The third kappa shape index (κ3) is 4.34. The lowest BCUT2D eigenvalue weighted by molar-refractivity contribution is 0.0935. The highest BCUT2D eigenvalue weighted by Gasteiger charge is 2.26. The van der Waals surface area contributed by atoms with Crippen molar-refractivity contribution in [2.75, 3.05) is 7.11 Å². The molecule has 2 aromatic rings. The maximum atomic E-state index is 12.6. The molecule has 1 unspecified atom stereocenters. The summed E-state index contributed by atoms with van der Waals surface area (Å²) in [5.41, 5.74) is 9.77. The van der Waals surface area contributed by atoms with Gasteiger partial charge in [-0.1, -0.05) is 6.07 Å². The average Bonchev–Trinajstić information content (AvgIpc) is 2.69. The largest absolute Gasteiger partial charge is 0.497 e. The predicted octanol–water partition coefficient (Wildman–Crippen LogP) is 3.30. The molecule has 1 aliphatic rings. The molecule has 140 valence electrons. The van der Waals surface area contributed by atoms with Gasteiger partial charge in [-0.2, -0.15) is 0 Å². The number of aryl methyl sites for hydroxylation is 1. The van der Waals surface area contributed by atoms with Crippen LogP contribution in [0.4, 0.5) is 5.69 Å².